The van der Waals surface area contributed by atoms with Crippen molar-refractivity contribution < 1.29 is 37.5 Å². The lowest BCUT2D eigenvalue weighted by Gasteiger charge is -2.36. The smallest absolute Gasteiger partial charge is 0.263 e. The Kier molecular flexibility index (Phi) is 19.1. The number of benzene rings is 4. The Balaban J connectivity index is 0.782. The molecule has 0 radical (unpaired) electrons. The van der Waals surface area contributed by atoms with Crippen molar-refractivity contribution in [2.24, 2.45) is 11.6 Å². The molecule has 0 bridgehead atoms. The Morgan fingerprint density at radius 2 is 1.63 bits per heavy atom. The molecule has 2 atom stereocenters. The minimum absolute atomic E-state index is 0.0181. The van der Waals surface area contributed by atoms with Crippen molar-refractivity contribution in [1.29, 1.82) is 0 Å². The van der Waals surface area contributed by atoms with Crippen molar-refractivity contribution in [3.63, 3.8) is 0 Å². The van der Waals surface area contributed by atoms with Crippen molar-refractivity contribution in [1.82, 2.24) is 35.2 Å². The van der Waals surface area contributed by atoms with Gasteiger partial charge in [0.05, 0.1) is 23.2 Å². The summed E-state index contributed by atoms with van der Waals surface area (Å²) in [6.07, 6.45) is 9.86. The number of aryl methyl sites for hydroxylation is 1. The van der Waals surface area contributed by atoms with Gasteiger partial charge < -0.3 is 41.4 Å². The maximum absolute atomic E-state index is 14.2. The van der Waals surface area contributed by atoms with E-state index in [9.17, 15) is 37.5 Å². The summed E-state index contributed by atoms with van der Waals surface area (Å²) in [5, 5.41) is 21.6. The lowest BCUT2D eigenvalue weighted by atomic mass is 10.0. The van der Waals surface area contributed by atoms with Crippen molar-refractivity contribution in [2.75, 3.05) is 80.3 Å². The zero-order chi connectivity index (χ0) is 55.3. The van der Waals surface area contributed by atoms with Gasteiger partial charge in [0.15, 0.2) is 5.82 Å². The largest absolute Gasteiger partial charge is 0.399 e. The fourth-order valence-electron chi connectivity index (χ4n) is 10.4. The first kappa shape index (κ1) is 56.3. The van der Waals surface area contributed by atoms with Crippen LogP contribution in [0.25, 0.3) is 10.9 Å². The molecule has 4 heterocycles. The number of nitrogens with two attached hydrogens (primary N) is 2. The normalized spacial score (nSPS) is 17.2. The first-order valence-corrected chi connectivity index (χ1v) is 26.9. The summed E-state index contributed by atoms with van der Waals surface area (Å²) in [6.45, 7) is 7.18. The maximum Gasteiger partial charge on any atom is 0.263 e. The van der Waals surface area contributed by atoms with E-state index < -0.39 is 35.4 Å². The van der Waals surface area contributed by atoms with Gasteiger partial charge in [-0.3, -0.25) is 44.1 Å². The molecule has 4 aromatic carbocycles. The molecule has 3 aliphatic rings. The third-order valence-corrected chi connectivity index (χ3v) is 14.7. The molecule has 6 amide bonds. The predicted molar refractivity (Wildman–Crippen MR) is 296 cm³/mol. The molecular weight excluding hydrogens is 1000 g/mol. The number of anilines is 4. The average Bonchev–Trinajstić information content (AvgIpc) is 3.84. The van der Waals surface area contributed by atoms with E-state index in [1.165, 1.54) is 17.1 Å². The van der Waals surface area contributed by atoms with Gasteiger partial charge in [0.25, 0.3) is 11.8 Å². The van der Waals surface area contributed by atoms with Crippen LogP contribution in [-0.2, 0) is 25.6 Å². The first-order valence-electron chi connectivity index (χ1n) is 26.9. The monoisotopic (exact) mass is 1070 g/mol. The number of carbonyl (C=O) groups excluding carboxylic acids is 6. The van der Waals surface area contributed by atoms with Crippen LogP contribution in [0.15, 0.2) is 84.7 Å². The molecule has 0 saturated carbocycles. The number of unbranched alkanes of at least 4 members (excludes halogenated alkanes) is 5. The second-order valence-corrected chi connectivity index (χ2v) is 20.7. The summed E-state index contributed by atoms with van der Waals surface area (Å²) >= 11 is 0. The van der Waals surface area contributed by atoms with Gasteiger partial charge in [-0.15, -0.1) is 0 Å². The molecule has 3 saturated heterocycles. The number of piperazine rings is 1. The molecule has 0 aliphatic carbocycles. The summed E-state index contributed by atoms with van der Waals surface area (Å²) in [6, 6.07) is 18.8. The minimum atomic E-state index is -1.10. The molecular formula is C57H71F2N13O6. The number of likely N-dealkylation sites (tertiary alicyclic amines) is 1. The van der Waals surface area contributed by atoms with Gasteiger partial charge in [-0.2, -0.15) is 5.10 Å². The molecule has 414 valence electrons. The van der Waals surface area contributed by atoms with Crippen molar-refractivity contribution in [3.05, 3.63) is 124 Å². The summed E-state index contributed by atoms with van der Waals surface area (Å²) in [5.74, 6) is 3.27. The third-order valence-electron chi connectivity index (χ3n) is 14.7. The number of aromatic amines is 1. The van der Waals surface area contributed by atoms with Gasteiger partial charge in [0.2, 0.25) is 24.1 Å². The molecule has 1 aromatic heterocycles. The Hall–Kier alpha value is -7.91. The highest BCUT2D eigenvalue weighted by atomic mass is 19.1. The number of hydrazine groups is 1. The number of H-pyrrole nitrogens is 1. The topological polar surface area (TPSA) is 247 Å². The number of hydrogen-bond donors (Lipinski definition) is 7. The third kappa shape index (κ3) is 14.8. The van der Waals surface area contributed by atoms with E-state index >= 15 is 0 Å². The molecule has 78 heavy (non-hydrogen) atoms. The minimum Gasteiger partial charge on any atom is -0.399 e. The number of hydrogen-bond acceptors (Lipinski definition) is 14. The van der Waals surface area contributed by atoms with Crippen LogP contribution in [0.3, 0.4) is 0 Å². The van der Waals surface area contributed by atoms with Crippen LogP contribution in [0, 0.1) is 18.6 Å². The predicted octanol–water partition coefficient (Wildman–Crippen LogP) is 6.37. The van der Waals surface area contributed by atoms with Gasteiger partial charge in [-0.25, -0.2) is 14.6 Å². The second-order valence-electron chi connectivity index (χ2n) is 20.7. The number of aromatic nitrogens is 2. The Morgan fingerprint density at radius 3 is 2.38 bits per heavy atom. The number of likely N-dealkylation sites (N-methyl/N-ethyl adjacent to an activating group) is 1. The van der Waals surface area contributed by atoms with Crippen LogP contribution in [0.5, 0.6) is 0 Å². The molecule has 3 fully saturated rings. The highest BCUT2D eigenvalue weighted by Gasteiger charge is 2.36. The number of piperidine rings is 2. The van der Waals surface area contributed by atoms with E-state index in [2.05, 4.69) is 48.3 Å². The Bertz CT molecular complexity index is 2990. The van der Waals surface area contributed by atoms with Crippen molar-refractivity contribution >= 4 is 69.7 Å². The van der Waals surface area contributed by atoms with Crippen LogP contribution in [0.4, 0.5) is 31.7 Å². The summed E-state index contributed by atoms with van der Waals surface area (Å²) < 4.78 is 27.9. The van der Waals surface area contributed by atoms with Crippen molar-refractivity contribution in [3.8, 4) is 0 Å². The molecule has 19 nitrogen and oxygen atoms in total. The Labute approximate surface area is 453 Å². The van der Waals surface area contributed by atoms with E-state index in [0.29, 0.717) is 82.9 Å². The lowest BCUT2D eigenvalue weighted by molar-refractivity contribution is -0.139. The molecule has 5 aromatic rings. The van der Waals surface area contributed by atoms with E-state index in [0.717, 1.165) is 99.8 Å². The van der Waals surface area contributed by atoms with Crippen LogP contribution >= 0.6 is 0 Å². The highest BCUT2D eigenvalue weighted by molar-refractivity contribution is 6.11. The SMILES string of the molecule is Cc1cccc(NC/C(N)=C/N(N)CCCCCCCCC(=O)N2CCCC(Nc3cc(N4CCN(C)CC4)ccc3C(=O)Nc3n[nH]c4ccc(Cc5cc(F)cc(F)c5)cc34)C2)c1C(=O)N(C=O)C1CCC(=O)NC1=O. The molecule has 8 rings (SSSR count). The van der Waals surface area contributed by atoms with E-state index in [-0.39, 0.29) is 49.2 Å². The number of nitrogens with zero attached hydrogens (tertiary/aromatic N) is 6. The van der Waals surface area contributed by atoms with E-state index in [1.807, 2.05) is 41.3 Å². The van der Waals surface area contributed by atoms with Crippen LogP contribution < -0.4 is 37.7 Å². The molecule has 3 aliphatic heterocycles. The fraction of sp³-hybridized carbons (Fsp3) is 0.421. The molecule has 0 spiro atoms. The van der Waals surface area contributed by atoms with Gasteiger partial charge in [0.1, 0.15) is 17.7 Å². The zero-order valence-corrected chi connectivity index (χ0v) is 44.4. The number of nitrogens with one attached hydrogen (secondary N) is 5. The number of carbonyl (C=O) groups is 6. The maximum atomic E-state index is 14.2. The highest BCUT2D eigenvalue weighted by Crippen LogP contribution is 2.31. The van der Waals surface area contributed by atoms with Crippen LogP contribution in [-0.4, -0.2) is 137 Å². The van der Waals surface area contributed by atoms with Crippen LogP contribution in [0.1, 0.15) is 108 Å². The molecule has 21 heteroatoms. The molecule has 2 unspecified atom stereocenters. The van der Waals surface area contributed by atoms with Gasteiger partial charge >= 0.3 is 0 Å². The number of fused-ring (bicyclic) bond motifs is 1. The molecule has 9 N–H and O–H groups in total. The summed E-state index contributed by atoms with van der Waals surface area (Å²) in [7, 11) is 2.11. The first-order chi connectivity index (χ1) is 37.6. The fourth-order valence-corrected chi connectivity index (χ4v) is 10.4. The van der Waals surface area contributed by atoms with Gasteiger partial charge in [-0.1, -0.05) is 43.9 Å². The average molecular weight is 1070 g/mol. The number of rotatable bonds is 23. The second kappa shape index (κ2) is 26.4. The zero-order valence-electron chi connectivity index (χ0n) is 44.4. The number of amides is 6. The Morgan fingerprint density at radius 1 is 0.872 bits per heavy atom. The quantitative estimate of drug-likeness (QED) is 0.0124. The van der Waals surface area contributed by atoms with E-state index in [4.69, 9.17) is 11.6 Å². The van der Waals surface area contributed by atoms with Crippen molar-refractivity contribution in [2.45, 2.75) is 96.1 Å². The van der Waals surface area contributed by atoms with Gasteiger partial charge in [-0.05, 0) is 118 Å². The van der Waals surface area contributed by atoms with E-state index in [1.54, 1.807) is 31.3 Å². The van der Waals surface area contributed by atoms with Gasteiger partial charge in [0, 0.05) is 105 Å². The summed E-state index contributed by atoms with van der Waals surface area (Å²) in [5.41, 5.74) is 12.1. The number of imide groups is 2. The number of halogens is 2. The lowest BCUT2D eigenvalue weighted by Crippen LogP contribution is -2.54. The standard InChI is InChI=1S/C57H71F2N13O6/c1-37-11-9-13-48(53(37)57(78)72(36-73)50-19-20-51(74)64-56(50)77)62-33-42(60)34-71(61)22-8-6-4-3-5-7-14-52(75)70-21-10-12-43(35-70)63-49-32-44(69-25-23-68(2)24-26-69)16-17-45(49)55(76)65-54-46-30-38(15-18-47(46)66-67-54)27-39-28-40(58)31-41(59)29-39/h9,11,13,15-18,28-32,34,36,43,50,62-63H,3-8,10,12,14,19-27,33,35,60-61H2,1-2H3,(H,64,74,77)(H2,65,66,67,76)/b42-34-. The summed E-state index contributed by atoms with van der Waals surface area (Å²) in [4.78, 5) is 85.0. The van der Waals surface area contributed by atoms with Crippen LogP contribution in [0.2, 0.25) is 0 Å².